The van der Waals surface area contributed by atoms with Crippen molar-refractivity contribution in [1.82, 2.24) is 4.90 Å². The molecule has 0 aromatic heterocycles. The van der Waals surface area contributed by atoms with Gasteiger partial charge in [-0.05, 0) is 13.8 Å². The lowest BCUT2D eigenvalue weighted by atomic mass is 10.3. The highest BCUT2D eigenvalue weighted by Gasteiger charge is 2.10. The van der Waals surface area contributed by atoms with Crippen LogP contribution in [0.3, 0.4) is 0 Å². The summed E-state index contributed by atoms with van der Waals surface area (Å²) in [4.78, 5) is 1.98. The van der Waals surface area contributed by atoms with Gasteiger partial charge in [0.05, 0.1) is 38.6 Å². The van der Waals surface area contributed by atoms with Gasteiger partial charge in [-0.25, -0.2) is 0 Å². The Morgan fingerprint density at radius 3 is 1.89 bits per heavy atom. The van der Waals surface area contributed by atoms with Crippen LogP contribution in [0.5, 0.6) is 0 Å². The molecule has 4 N–H and O–H groups in total. The third kappa shape index (κ3) is 12.2. The van der Waals surface area contributed by atoms with Crippen molar-refractivity contribution in [3.8, 4) is 0 Å². The van der Waals surface area contributed by atoms with E-state index in [2.05, 4.69) is 0 Å². The zero-order valence-electron chi connectivity index (χ0n) is 11.5. The maximum Gasteiger partial charge on any atom is 0.0701 e. The summed E-state index contributed by atoms with van der Waals surface area (Å²) in [5.41, 5.74) is 5.28. The molecule has 0 rings (SSSR count). The molecule has 0 saturated carbocycles. The lowest BCUT2D eigenvalue weighted by Gasteiger charge is -2.24. The van der Waals surface area contributed by atoms with Crippen LogP contribution in [-0.2, 0) is 9.47 Å². The van der Waals surface area contributed by atoms with Gasteiger partial charge >= 0.3 is 0 Å². The van der Waals surface area contributed by atoms with E-state index < -0.39 is 12.2 Å². The highest BCUT2D eigenvalue weighted by atomic mass is 16.5. The van der Waals surface area contributed by atoms with Crippen LogP contribution >= 0.6 is 0 Å². The molecule has 0 aromatic carbocycles. The zero-order chi connectivity index (χ0) is 13.8. The molecule has 0 aliphatic rings. The Labute approximate surface area is 110 Å². The van der Waals surface area contributed by atoms with E-state index in [9.17, 15) is 10.2 Å². The molecule has 0 bridgehead atoms. The third-order valence-corrected chi connectivity index (χ3v) is 2.23. The maximum absolute atomic E-state index is 9.34. The topological polar surface area (TPSA) is 88.2 Å². The second kappa shape index (κ2) is 11.8. The molecule has 0 aliphatic heterocycles. The summed E-state index contributed by atoms with van der Waals surface area (Å²) in [6, 6.07) is 0. The molecule has 0 aromatic rings. The Balaban J connectivity index is 3.56. The third-order valence-electron chi connectivity index (χ3n) is 2.23. The monoisotopic (exact) mass is 264 g/mol. The molecule has 6 heteroatoms. The van der Waals surface area contributed by atoms with Gasteiger partial charge in [-0.3, -0.25) is 4.90 Å². The molecule has 0 amide bonds. The Morgan fingerprint density at radius 2 is 1.44 bits per heavy atom. The normalized spacial score (nSPS) is 15.0. The van der Waals surface area contributed by atoms with Crippen molar-refractivity contribution in [1.29, 1.82) is 0 Å². The minimum absolute atomic E-state index is 0.406. The van der Waals surface area contributed by atoms with E-state index in [1.165, 1.54) is 0 Å². The SMILES string of the molecule is CC(O)CN(CCOCCOCCN)CC(C)O. The number of aliphatic hydroxyl groups is 2. The number of rotatable bonds is 12. The Hall–Kier alpha value is -0.240. The zero-order valence-corrected chi connectivity index (χ0v) is 11.5. The maximum atomic E-state index is 9.34. The molecule has 2 unspecified atom stereocenters. The summed E-state index contributed by atoms with van der Waals surface area (Å²) in [7, 11) is 0. The van der Waals surface area contributed by atoms with Crippen LogP contribution in [0.1, 0.15) is 13.8 Å². The summed E-state index contributed by atoms with van der Waals surface area (Å²) in [5, 5.41) is 18.7. The molecule has 0 spiro atoms. The standard InChI is InChI=1S/C12H28N2O4/c1-11(15)9-14(10-12(2)16)4-6-18-8-7-17-5-3-13/h11-12,15-16H,3-10,13H2,1-2H3. The average Bonchev–Trinajstić information content (AvgIpc) is 2.26. The van der Waals surface area contributed by atoms with Crippen molar-refractivity contribution >= 4 is 0 Å². The number of nitrogens with zero attached hydrogens (tertiary/aromatic N) is 1. The van der Waals surface area contributed by atoms with Crippen LogP contribution in [-0.4, -0.2) is 79.9 Å². The van der Waals surface area contributed by atoms with Crippen molar-refractivity contribution in [2.45, 2.75) is 26.1 Å². The molecular weight excluding hydrogens is 236 g/mol. The Kier molecular flexibility index (Phi) is 11.7. The first-order valence-corrected chi connectivity index (χ1v) is 6.50. The molecule has 18 heavy (non-hydrogen) atoms. The molecule has 2 atom stereocenters. The number of hydrogen-bond donors (Lipinski definition) is 3. The van der Waals surface area contributed by atoms with Gasteiger partial charge in [0.15, 0.2) is 0 Å². The van der Waals surface area contributed by atoms with Crippen molar-refractivity contribution in [2.75, 3.05) is 52.6 Å². The lowest BCUT2D eigenvalue weighted by molar-refractivity contribution is 0.0263. The van der Waals surface area contributed by atoms with E-state index in [1.807, 2.05) is 4.90 Å². The summed E-state index contributed by atoms with van der Waals surface area (Å²) in [6.07, 6.45) is -0.812. The minimum atomic E-state index is -0.406. The highest BCUT2D eigenvalue weighted by molar-refractivity contribution is 4.64. The smallest absolute Gasteiger partial charge is 0.0701 e. The van der Waals surface area contributed by atoms with Crippen LogP contribution in [0.2, 0.25) is 0 Å². The van der Waals surface area contributed by atoms with E-state index in [0.29, 0.717) is 52.6 Å². The number of nitrogens with two attached hydrogens (primary N) is 1. The molecule has 6 nitrogen and oxygen atoms in total. The fraction of sp³-hybridized carbons (Fsp3) is 1.00. The molecule has 0 radical (unpaired) electrons. The molecule has 110 valence electrons. The van der Waals surface area contributed by atoms with Gasteiger partial charge in [0, 0.05) is 26.2 Å². The first-order chi connectivity index (χ1) is 8.56. The average molecular weight is 264 g/mol. The summed E-state index contributed by atoms with van der Waals surface area (Å²) in [5.74, 6) is 0. The van der Waals surface area contributed by atoms with E-state index in [4.69, 9.17) is 15.2 Å². The second-order valence-corrected chi connectivity index (χ2v) is 4.47. The van der Waals surface area contributed by atoms with Gasteiger partial charge in [0.1, 0.15) is 0 Å². The lowest BCUT2D eigenvalue weighted by Crippen LogP contribution is -2.38. The summed E-state index contributed by atoms with van der Waals surface area (Å²) >= 11 is 0. The summed E-state index contributed by atoms with van der Waals surface area (Å²) < 4.78 is 10.6. The Bertz CT molecular complexity index is 169. The van der Waals surface area contributed by atoms with E-state index in [0.717, 1.165) is 0 Å². The second-order valence-electron chi connectivity index (χ2n) is 4.47. The van der Waals surface area contributed by atoms with Crippen molar-refractivity contribution in [3.63, 3.8) is 0 Å². The van der Waals surface area contributed by atoms with Crippen LogP contribution in [0, 0.1) is 0 Å². The molecule has 0 saturated heterocycles. The Morgan fingerprint density at radius 1 is 0.944 bits per heavy atom. The molecular formula is C12H28N2O4. The quantitative estimate of drug-likeness (QED) is 0.394. The first-order valence-electron chi connectivity index (χ1n) is 6.50. The predicted octanol–water partition coefficient (Wildman–Crippen LogP) is -0.958. The van der Waals surface area contributed by atoms with Crippen molar-refractivity contribution in [3.05, 3.63) is 0 Å². The highest BCUT2D eigenvalue weighted by Crippen LogP contribution is 1.95. The van der Waals surface area contributed by atoms with E-state index in [1.54, 1.807) is 13.8 Å². The fourth-order valence-electron chi connectivity index (χ4n) is 1.60. The van der Waals surface area contributed by atoms with E-state index in [-0.39, 0.29) is 0 Å². The molecule has 0 fully saturated rings. The van der Waals surface area contributed by atoms with Gasteiger partial charge in [-0.15, -0.1) is 0 Å². The van der Waals surface area contributed by atoms with Gasteiger partial charge in [-0.2, -0.15) is 0 Å². The van der Waals surface area contributed by atoms with Crippen LogP contribution in [0.4, 0.5) is 0 Å². The van der Waals surface area contributed by atoms with E-state index >= 15 is 0 Å². The number of aliphatic hydroxyl groups excluding tert-OH is 2. The van der Waals surface area contributed by atoms with Gasteiger partial charge in [0.25, 0.3) is 0 Å². The van der Waals surface area contributed by atoms with Gasteiger partial charge in [-0.1, -0.05) is 0 Å². The summed E-state index contributed by atoms with van der Waals surface area (Å²) in [6.45, 7) is 7.96. The van der Waals surface area contributed by atoms with Crippen LogP contribution in [0.25, 0.3) is 0 Å². The molecule has 0 aliphatic carbocycles. The van der Waals surface area contributed by atoms with Gasteiger partial charge in [0.2, 0.25) is 0 Å². The number of ether oxygens (including phenoxy) is 2. The first kappa shape index (κ1) is 17.8. The largest absolute Gasteiger partial charge is 0.392 e. The fourth-order valence-corrected chi connectivity index (χ4v) is 1.60. The van der Waals surface area contributed by atoms with Crippen LogP contribution in [0.15, 0.2) is 0 Å². The van der Waals surface area contributed by atoms with Crippen LogP contribution < -0.4 is 5.73 Å². The molecule has 0 heterocycles. The van der Waals surface area contributed by atoms with Gasteiger partial charge < -0.3 is 25.4 Å². The van der Waals surface area contributed by atoms with Crippen molar-refractivity contribution < 1.29 is 19.7 Å². The minimum Gasteiger partial charge on any atom is -0.392 e. The predicted molar refractivity (Wildman–Crippen MR) is 70.5 cm³/mol. The number of hydrogen-bond acceptors (Lipinski definition) is 6. The van der Waals surface area contributed by atoms with Crippen molar-refractivity contribution in [2.24, 2.45) is 5.73 Å².